The Balaban J connectivity index is 1.01. The highest BCUT2D eigenvalue weighted by atomic mass is 32.1. The number of thiophene rings is 1. The molecule has 12 rings (SSSR count). The third-order valence-electron chi connectivity index (χ3n) is 13.0. The molecule has 0 fully saturated rings. The van der Waals surface area contributed by atoms with Crippen LogP contribution in [-0.2, 0) is 0 Å². The largest absolute Gasteiger partial charge is 0.333 e. The van der Waals surface area contributed by atoms with Gasteiger partial charge in [0.25, 0.3) is 0 Å². The van der Waals surface area contributed by atoms with Crippen LogP contribution in [0, 0.1) is 0 Å². The van der Waals surface area contributed by atoms with E-state index in [1.165, 1.54) is 90.6 Å². The van der Waals surface area contributed by atoms with E-state index in [9.17, 15) is 0 Å². The Bertz CT molecular complexity index is 3170. The van der Waals surface area contributed by atoms with E-state index in [4.69, 9.17) is 0 Å². The van der Waals surface area contributed by atoms with Gasteiger partial charge in [-0.3, -0.25) is 0 Å². The van der Waals surface area contributed by atoms with E-state index in [-0.39, 0.29) is 12.0 Å². The Hall–Kier alpha value is -6.52. The van der Waals surface area contributed by atoms with Crippen LogP contribution < -0.4 is 15.6 Å². The number of rotatable bonds is 6. The molecule has 2 heterocycles. The number of benzene rings is 8. The van der Waals surface area contributed by atoms with E-state index in [2.05, 4.69) is 217 Å². The van der Waals surface area contributed by atoms with Crippen LogP contribution in [0.5, 0.6) is 0 Å². The number of para-hydroxylation sites is 2. The summed E-state index contributed by atoms with van der Waals surface area (Å²) in [6, 6.07) is 73.4. The molecular formula is C55H39NSSi. The molecule has 10 aromatic rings. The quantitative estimate of drug-likeness (QED) is 0.117. The maximum Gasteiger partial charge on any atom is 0.179 e. The van der Waals surface area contributed by atoms with Crippen LogP contribution in [0.3, 0.4) is 0 Å². The van der Waals surface area contributed by atoms with E-state index >= 15 is 0 Å². The van der Waals surface area contributed by atoms with Gasteiger partial charge in [-0.1, -0.05) is 188 Å². The average Bonchev–Trinajstić information content (AvgIpc) is 3.96. The van der Waals surface area contributed by atoms with E-state index in [1.54, 1.807) is 0 Å². The minimum Gasteiger partial charge on any atom is -0.333 e. The van der Waals surface area contributed by atoms with E-state index < -0.39 is 8.07 Å². The summed E-state index contributed by atoms with van der Waals surface area (Å²) < 4.78 is 5.27. The molecule has 2 aliphatic carbocycles. The summed E-state index contributed by atoms with van der Waals surface area (Å²) in [6.45, 7) is 0. The van der Waals surface area contributed by atoms with Gasteiger partial charge in [0.1, 0.15) is 0 Å². The van der Waals surface area contributed by atoms with Crippen molar-refractivity contribution in [1.29, 1.82) is 0 Å². The van der Waals surface area contributed by atoms with Crippen molar-refractivity contribution in [3.8, 4) is 11.1 Å². The number of aromatic nitrogens is 1. The molecule has 0 saturated carbocycles. The highest BCUT2D eigenvalue weighted by Crippen LogP contribution is 2.53. The molecule has 0 spiro atoms. The lowest BCUT2D eigenvalue weighted by Crippen LogP contribution is -2.68. The number of hydrogen-bond donors (Lipinski definition) is 0. The first kappa shape index (κ1) is 33.6. The van der Waals surface area contributed by atoms with Crippen LogP contribution in [-0.4, -0.2) is 12.6 Å². The molecule has 1 nitrogen and oxygen atoms in total. The fourth-order valence-corrected chi connectivity index (χ4v) is 16.5. The molecule has 0 saturated heterocycles. The summed E-state index contributed by atoms with van der Waals surface area (Å²) in [5, 5.41) is 11.1. The van der Waals surface area contributed by atoms with Crippen molar-refractivity contribution in [2.75, 3.05) is 0 Å². The summed E-state index contributed by atoms with van der Waals surface area (Å²) in [5.74, 6) is 0.175. The van der Waals surface area contributed by atoms with Crippen molar-refractivity contribution in [2.24, 2.45) is 0 Å². The Morgan fingerprint density at radius 3 is 1.74 bits per heavy atom. The van der Waals surface area contributed by atoms with E-state index in [0.717, 1.165) is 6.42 Å². The fraction of sp³-hybridized carbons (Fsp3) is 0.0545. The third kappa shape index (κ3) is 4.87. The van der Waals surface area contributed by atoms with Crippen molar-refractivity contribution in [3.05, 3.63) is 234 Å². The summed E-state index contributed by atoms with van der Waals surface area (Å²) >= 11 is 1.91. The summed E-state index contributed by atoms with van der Waals surface area (Å²) in [6.07, 6.45) is 8.48. The predicted octanol–water partition coefficient (Wildman–Crippen LogP) is 12.5. The minimum atomic E-state index is -2.74. The fourth-order valence-electron chi connectivity index (χ4n) is 10.6. The SMILES string of the molecule is C1=CC(n2c3ccccc3c3ccccc32)CC=C1[Si](c1ccccc1)(c1ccccc1)c1ccc(C2c3ccccc3-c3c2ccc2sc4ccccc4c32)cc1. The molecule has 2 unspecified atom stereocenters. The van der Waals surface area contributed by atoms with Crippen LogP contribution >= 0.6 is 11.3 Å². The van der Waals surface area contributed by atoms with Gasteiger partial charge < -0.3 is 4.57 Å². The first-order valence-electron chi connectivity index (χ1n) is 20.4. The lowest BCUT2D eigenvalue weighted by Gasteiger charge is -2.37. The summed E-state index contributed by atoms with van der Waals surface area (Å²) in [5.41, 5.74) is 9.52. The van der Waals surface area contributed by atoms with Crippen LogP contribution in [0.1, 0.15) is 35.1 Å². The van der Waals surface area contributed by atoms with Crippen molar-refractivity contribution >= 4 is 76.9 Å². The van der Waals surface area contributed by atoms with Crippen LogP contribution in [0.4, 0.5) is 0 Å². The minimum absolute atomic E-state index is 0.175. The number of fused-ring (bicyclic) bond motifs is 10. The van der Waals surface area contributed by atoms with Gasteiger partial charge in [-0.15, -0.1) is 11.3 Å². The maximum atomic E-state index is 2.58. The van der Waals surface area contributed by atoms with Crippen LogP contribution in [0.2, 0.25) is 0 Å². The smallest absolute Gasteiger partial charge is 0.179 e. The molecule has 8 aromatic carbocycles. The zero-order valence-corrected chi connectivity index (χ0v) is 33.7. The third-order valence-corrected chi connectivity index (χ3v) is 18.9. The van der Waals surface area contributed by atoms with E-state index in [0.29, 0.717) is 0 Å². The molecule has 2 atom stereocenters. The van der Waals surface area contributed by atoms with Gasteiger partial charge in [0.2, 0.25) is 0 Å². The highest BCUT2D eigenvalue weighted by molar-refractivity contribution is 7.26. The van der Waals surface area contributed by atoms with Gasteiger partial charge in [0, 0.05) is 47.9 Å². The number of nitrogens with zero attached hydrogens (tertiary/aromatic N) is 1. The molecule has 0 bridgehead atoms. The molecule has 58 heavy (non-hydrogen) atoms. The van der Waals surface area contributed by atoms with E-state index in [1.807, 2.05) is 11.3 Å². The molecule has 2 aliphatic rings. The van der Waals surface area contributed by atoms with Gasteiger partial charge >= 0.3 is 0 Å². The average molecular weight is 774 g/mol. The molecule has 2 aromatic heterocycles. The topological polar surface area (TPSA) is 4.93 Å². The Morgan fingerprint density at radius 1 is 0.483 bits per heavy atom. The summed E-state index contributed by atoms with van der Waals surface area (Å²) in [7, 11) is -2.74. The van der Waals surface area contributed by atoms with Crippen molar-refractivity contribution in [3.63, 3.8) is 0 Å². The highest BCUT2D eigenvalue weighted by Gasteiger charge is 2.43. The molecule has 0 radical (unpaired) electrons. The second-order valence-electron chi connectivity index (χ2n) is 15.9. The Labute approximate surface area is 343 Å². The molecule has 274 valence electrons. The predicted molar refractivity (Wildman–Crippen MR) is 250 cm³/mol. The van der Waals surface area contributed by atoms with Crippen LogP contribution in [0.15, 0.2) is 218 Å². The zero-order valence-electron chi connectivity index (χ0n) is 31.9. The van der Waals surface area contributed by atoms with Crippen molar-refractivity contribution in [2.45, 2.75) is 18.4 Å². The standard InChI is InChI=1S/C55H39NSSi/c1-3-15-39(16-4-1)58(40-17-5-2-6-18-40,42-33-29-38(30-34-42)56-49-24-12-9-19-43(49)44-20-10-13-25-50(44)56)41-31-27-37(28-32-41)53-45-21-7-8-22-46(45)54-48(53)35-36-52-55(54)47-23-11-14-26-51(47)57-52/h1-29,31-36,38,53H,30H2. The van der Waals surface area contributed by atoms with Gasteiger partial charge in [-0.05, 0) is 79.3 Å². The maximum absolute atomic E-state index is 2.74. The Morgan fingerprint density at radius 2 is 1.07 bits per heavy atom. The lowest BCUT2D eigenvalue weighted by atomic mass is 9.89. The van der Waals surface area contributed by atoms with Gasteiger partial charge in [-0.2, -0.15) is 0 Å². The zero-order chi connectivity index (χ0) is 38.2. The number of allylic oxidation sites excluding steroid dienone is 4. The number of hydrogen-bond acceptors (Lipinski definition) is 1. The first-order valence-corrected chi connectivity index (χ1v) is 23.2. The first-order chi connectivity index (χ1) is 28.8. The van der Waals surface area contributed by atoms with Crippen LogP contribution in [0.25, 0.3) is 53.1 Å². The normalized spacial score (nSPS) is 16.2. The Kier molecular flexibility index (Phi) is 7.69. The monoisotopic (exact) mass is 773 g/mol. The second-order valence-corrected chi connectivity index (χ2v) is 20.7. The lowest BCUT2D eigenvalue weighted by molar-refractivity contribution is 0.646. The van der Waals surface area contributed by atoms with Gasteiger partial charge in [-0.25, -0.2) is 0 Å². The van der Waals surface area contributed by atoms with Gasteiger partial charge in [0.05, 0.1) is 6.04 Å². The van der Waals surface area contributed by atoms with Gasteiger partial charge in [0.15, 0.2) is 8.07 Å². The molecule has 0 aliphatic heterocycles. The van der Waals surface area contributed by atoms with Crippen molar-refractivity contribution in [1.82, 2.24) is 4.57 Å². The second kappa shape index (κ2) is 13.3. The molecule has 0 N–H and O–H groups in total. The van der Waals surface area contributed by atoms with Crippen molar-refractivity contribution < 1.29 is 0 Å². The molecular weight excluding hydrogens is 735 g/mol. The molecule has 0 amide bonds. The summed E-state index contributed by atoms with van der Waals surface area (Å²) in [4.78, 5) is 0. The molecule has 3 heteroatoms.